The highest BCUT2D eigenvalue weighted by Crippen LogP contribution is 2.13. The Morgan fingerprint density at radius 1 is 0.700 bits per heavy atom. The summed E-state index contributed by atoms with van der Waals surface area (Å²) in [6.45, 7) is 6.79. The highest BCUT2D eigenvalue weighted by atomic mass is 16.3. The van der Waals surface area contributed by atoms with E-state index < -0.39 is 10.9 Å². The van der Waals surface area contributed by atoms with E-state index in [-0.39, 0.29) is 0 Å². The van der Waals surface area contributed by atoms with Crippen LogP contribution in [-0.2, 0) is 0 Å². The number of aliphatic hydroxyl groups is 1. The van der Waals surface area contributed by atoms with Crippen molar-refractivity contribution in [1.29, 1.82) is 0 Å². The molecule has 0 aliphatic rings. The van der Waals surface area contributed by atoms with Gasteiger partial charge in [0.05, 0.1) is 0 Å². The second-order valence-corrected chi connectivity index (χ2v) is 8.39. The molecule has 0 aromatic heterocycles. The van der Waals surface area contributed by atoms with Crippen molar-refractivity contribution in [3.63, 3.8) is 0 Å². The fourth-order valence-corrected chi connectivity index (χ4v) is 3.90. The van der Waals surface area contributed by atoms with Gasteiger partial charge in [0.2, 0.25) is 0 Å². The van der Waals surface area contributed by atoms with E-state index in [0.717, 1.165) is 45.3 Å². The van der Waals surface area contributed by atoms with E-state index in [1.54, 1.807) is 7.05 Å². The molecule has 3 N–H and O–H groups in total. The van der Waals surface area contributed by atoms with Gasteiger partial charge in [-0.1, -0.05) is 58.3 Å². The van der Waals surface area contributed by atoms with Gasteiger partial charge >= 0.3 is 0 Å². The Balaban J connectivity index is 2.20. The molecule has 1 rings (SSSR count). The van der Waals surface area contributed by atoms with Crippen molar-refractivity contribution in [1.82, 2.24) is 4.90 Å². The number of rotatable bonds is 21. The molecule has 0 heterocycles. The number of anilines is 2. The predicted octanol–water partition coefficient (Wildman–Crippen LogP) is 4.12. The first-order valence-corrected chi connectivity index (χ1v) is 12.2. The van der Waals surface area contributed by atoms with Gasteiger partial charge in [-0.05, 0) is 51.7 Å². The zero-order chi connectivity index (χ0) is 22.0. The van der Waals surface area contributed by atoms with Crippen molar-refractivity contribution in [2.45, 2.75) is 90.4 Å². The van der Waals surface area contributed by atoms with Crippen LogP contribution in [0.2, 0.25) is 0 Å². The smallest absolute Gasteiger partial charge is 0.253 e. The molecule has 6 heteroatoms. The van der Waals surface area contributed by atoms with Gasteiger partial charge in [0, 0.05) is 20.2 Å². The van der Waals surface area contributed by atoms with Crippen LogP contribution in [-0.4, -0.2) is 49.8 Å². The molecule has 6 nitrogen and oxygen atoms in total. The van der Waals surface area contributed by atoms with Crippen LogP contribution >= 0.6 is 0 Å². The van der Waals surface area contributed by atoms with Crippen LogP contribution in [0.5, 0.6) is 0 Å². The van der Waals surface area contributed by atoms with Crippen LogP contribution < -0.4 is 21.5 Å². The third kappa shape index (κ3) is 10.6. The maximum absolute atomic E-state index is 11.6. The minimum absolute atomic E-state index is 0.308. The molecule has 30 heavy (non-hydrogen) atoms. The van der Waals surface area contributed by atoms with Crippen LogP contribution in [0.25, 0.3) is 0 Å². The van der Waals surface area contributed by atoms with Gasteiger partial charge in [0.15, 0.2) is 0 Å². The van der Waals surface area contributed by atoms with E-state index >= 15 is 0 Å². The van der Waals surface area contributed by atoms with E-state index in [1.807, 2.05) is 0 Å². The van der Waals surface area contributed by atoms with E-state index in [2.05, 4.69) is 22.5 Å². The molecule has 0 bridgehead atoms. The maximum atomic E-state index is 11.6. The largest absolute Gasteiger partial charge is 0.396 e. The summed E-state index contributed by atoms with van der Waals surface area (Å²) in [6.07, 6.45) is 15.8. The number of unbranched alkanes of at least 4 members (excludes halogenated alkanes) is 10. The first-order valence-electron chi connectivity index (χ1n) is 12.2. The van der Waals surface area contributed by atoms with Crippen molar-refractivity contribution in [2.24, 2.45) is 0 Å². The summed E-state index contributed by atoms with van der Waals surface area (Å²) in [4.78, 5) is 25.6. The highest BCUT2D eigenvalue weighted by molar-refractivity contribution is 5.73. The van der Waals surface area contributed by atoms with Gasteiger partial charge in [0.25, 0.3) is 10.9 Å². The Bertz CT molecular complexity index is 611. The topological polar surface area (TPSA) is 81.7 Å². The molecule has 0 unspecified atom stereocenters. The Kier molecular flexibility index (Phi) is 15.4. The van der Waals surface area contributed by atoms with Gasteiger partial charge in [-0.2, -0.15) is 0 Å². The molecule has 0 fully saturated rings. The van der Waals surface area contributed by atoms with Crippen LogP contribution in [0, 0.1) is 0 Å². The molecular formula is C24H45N3O3. The number of hydrogen-bond donors (Lipinski definition) is 3. The Labute approximate surface area is 183 Å². The van der Waals surface area contributed by atoms with E-state index in [0.29, 0.717) is 18.0 Å². The summed E-state index contributed by atoms with van der Waals surface area (Å²) in [5.41, 5.74) is 0.0661. The zero-order valence-corrected chi connectivity index (χ0v) is 19.4. The molecule has 174 valence electrons. The van der Waals surface area contributed by atoms with E-state index in [1.165, 1.54) is 64.3 Å². The molecule has 0 atom stereocenters. The zero-order valence-electron chi connectivity index (χ0n) is 19.4. The number of nitrogens with zero attached hydrogens (tertiary/aromatic N) is 1. The summed E-state index contributed by atoms with van der Waals surface area (Å²) in [5, 5.41) is 14.8. The molecule has 0 aliphatic carbocycles. The fraction of sp³-hybridized carbons (Fsp3) is 0.833. The van der Waals surface area contributed by atoms with Crippen LogP contribution in [0.4, 0.5) is 11.4 Å². The molecule has 1 aromatic carbocycles. The van der Waals surface area contributed by atoms with E-state index in [4.69, 9.17) is 5.11 Å². The van der Waals surface area contributed by atoms with Crippen molar-refractivity contribution in [2.75, 3.05) is 50.5 Å². The second kappa shape index (κ2) is 17.3. The summed E-state index contributed by atoms with van der Waals surface area (Å²) in [6, 6.07) is 0. The van der Waals surface area contributed by atoms with Crippen LogP contribution in [0.15, 0.2) is 9.59 Å². The molecule has 1 aromatic rings. The van der Waals surface area contributed by atoms with Gasteiger partial charge in [0.1, 0.15) is 11.4 Å². The summed E-state index contributed by atoms with van der Waals surface area (Å²) in [5.74, 6) is 0. The number of aliphatic hydroxyl groups excluding tert-OH is 1. The van der Waals surface area contributed by atoms with Gasteiger partial charge in [-0.15, -0.1) is 0 Å². The van der Waals surface area contributed by atoms with Gasteiger partial charge < -0.3 is 20.6 Å². The Morgan fingerprint density at radius 2 is 1.20 bits per heavy atom. The highest BCUT2D eigenvalue weighted by Gasteiger charge is 2.18. The third-order valence-corrected chi connectivity index (χ3v) is 5.82. The second-order valence-electron chi connectivity index (χ2n) is 8.39. The first kappa shape index (κ1) is 26.6. The lowest BCUT2D eigenvalue weighted by atomic mass is 10.1. The molecule has 0 saturated heterocycles. The normalized spacial score (nSPS) is 11.5. The average molecular weight is 424 g/mol. The minimum atomic E-state index is -0.413. The molecular weight excluding hydrogens is 378 g/mol. The molecule has 0 aliphatic heterocycles. The van der Waals surface area contributed by atoms with Crippen molar-refractivity contribution in [3.8, 4) is 0 Å². The summed E-state index contributed by atoms with van der Waals surface area (Å²) >= 11 is 0. The molecule has 0 radical (unpaired) electrons. The van der Waals surface area contributed by atoms with Crippen molar-refractivity contribution >= 4 is 11.4 Å². The van der Waals surface area contributed by atoms with Crippen molar-refractivity contribution < 1.29 is 5.11 Å². The molecule has 0 spiro atoms. The van der Waals surface area contributed by atoms with Crippen LogP contribution in [0.3, 0.4) is 0 Å². The minimum Gasteiger partial charge on any atom is -0.396 e. The van der Waals surface area contributed by atoms with Gasteiger partial charge in [-0.25, -0.2) is 0 Å². The fourth-order valence-electron chi connectivity index (χ4n) is 3.90. The first-order chi connectivity index (χ1) is 14.7. The molecule has 0 saturated carbocycles. The Morgan fingerprint density at radius 3 is 1.77 bits per heavy atom. The SMILES string of the molecule is CCCCCCCCN(CCCCCCO)CCCCCNc1c(NC)c(=O)c1=O. The standard InChI is InChI=1S/C24H45N3O3/c1-3-4-5-6-7-12-17-27(18-13-8-9-15-20-28)19-14-10-11-16-26-22-21(25-2)23(29)24(22)30/h25-26,28H,3-20H2,1-2H3. The molecule has 0 amide bonds. The third-order valence-electron chi connectivity index (χ3n) is 5.82. The Hall–Kier alpha value is -1.40. The lowest BCUT2D eigenvalue weighted by molar-refractivity contribution is 0.250. The lowest BCUT2D eigenvalue weighted by Gasteiger charge is -2.22. The van der Waals surface area contributed by atoms with Crippen molar-refractivity contribution in [3.05, 3.63) is 20.4 Å². The predicted molar refractivity (Wildman–Crippen MR) is 129 cm³/mol. The summed E-state index contributed by atoms with van der Waals surface area (Å²) in [7, 11) is 1.67. The van der Waals surface area contributed by atoms with E-state index in [9.17, 15) is 9.59 Å². The van der Waals surface area contributed by atoms with Crippen LogP contribution in [0.1, 0.15) is 90.4 Å². The maximum Gasteiger partial charge on any atom is 0.253 e. The quantitative estimate of drug-likeness (QED) is 0.204. The average Bonchev–Trinajstić information content (AvgIpc) is 2.76. The summed E-state index contributed by atoms with van der Waals surface area (Å²) < 4.78 is 0. The number of nitrogens with one attached hydrogen (secondary N) is 2. The van der Waals surface area contributed by atoms with Gasteiger partial charge in [-0.3, -0.25) is 9.59 Å². The lowest BCUT2D eigenvalue weighted by Crippen LogP contribution is -2.36. The monoisotopic (exact) mass is 423 g/mol. The number of hydrogen-bond acceptors (Lipinski definition) is 6.